The smallest absolute Gasteiger partial charge is 0.311 e. The third-order valence-corrected chi connectivity index (χ3v) is 2.38. The molecular formula is C10H12N4O4. The Balaban J connectivity index is 3.20. The van der Waals surface area contributed by atoms with E-state index in [1.54, 1.807) is 6.07 Å². The van der Waals surface area contributed by atoms with Crippen LogP contribution in [0.4, 0.5) is 5.69 Å². The van der Waals surface area contributed by atoms with Crippen molar-refractivity contribution in [1.82, 2.24) is 0 Å². The van der Waals surface area contributed by atoms with E-state index in [1.165, 1.54) is 19.2 Å². The molecule has 0 spiro atoms. The van der Waals surface area contributed by atoms with Gasteiger partial charge in [0.25, 0.3) is 0 Å². The van der Waals surface area contributed by atoms with Gasteiger partial charge in [0.05, 0.1) is 18.1 Å². The molecule has 8 nitrogen and oxygen atoms in total. The molecule has 1 N–H and O–H groups in total. The van der Waals surface area contributed by atoms with Crippen LogP contribution in [-0.4, -0.2) is 23.7 Å². The molecule has 0 aliphatic carbocycles. The predicted octanol–water partition coefficient (Wildman–Crippen LogP) is 2.34. The van der Waals surface area contributed by atoms with Crippen LogP contribution in [0, 0.1) is 10.1 Å². The molecule has 18 heavy (non-hydrogen) atoms. The topological polar surface area (TPSA) is 121 Å². The second-order valence-corrected chi connectivity index (χ2v) is 3.42. The normalized spacial score (nSPS) is 11.4. The van der Waals surface area contributed by atoms with Gasteiger partial charge >= 0.3 is 5.69 Å². The summed E-state index contributed by atoms with van der Waals surface area (Å²) in [6.45, 7) is -0.177. The van der Waals surface area contributed by atoms with Gasteiger partial charge < -0.3 is 9.84 Å². The molecule has 1 unspecified atom stereocenters. The maximum atomic E-state index is 10.8. The van der Waals surface area contributed by atoms with Gasteiger partial charge in [0.15, 0.2) is 5.75 Å². The molecule has 0 aromatic heterocycles. The Bertz CT molecular complexity index is 485. The fraction of sp³-hybridized carbons (Fsp3) is 0.400. The number of nitrogens with zero attached hydrogens (tertiary/aromatic N) is 4. The number of aliphatic hydroxyl groups is 1. The van der Waals surface area contributed by atoms with Crippen molar-refractivity contribution in [2.75, 3.05) is 13.7 Å². The van der Waals surface area contributed by atoms with Gasteiger partial charge in [0.2, 0.25) is 0 Å². The first-order chi connectivity index (χ1) is 8.63. The molecule has 0 saturated carbocycles. The number of nitro groups is 1. The third kappa shape index (κ3) is 3.09. The molecule has 0 fully saturated rings. The van der Waals surface area contributed by atoms with E-state index in [4.69, 9.17) is 15.4 Å². The number of benzene rings is 1. The summed E-state index contributed by atoms with van der Waals surface area (Å²) < 4.78 is 4.87. The van der Waals surface area contributed by atoms with E-state index in [-0.39, 0.29) is 24.5 Å². The Morgan fingerprint density at radius 3 is 2.89 bits per heavy atom. The molecule has 0 aliphatic heterocycles. The zero-order chi connectivity index (χ0) is 13.5. The van der Waals surface area contributed by atoms with E-state index in [2.05, 4.69) is 10.0 Å². The highest BCUT2D eigenvalue weighted by molar-refractivity contribution is 5.49. The van der Waals surface area contributed by atoms with Crippen molar-refractivity contribution in [3.05, 3.63) is 44.3 Å². The van der Waals surface area contributed by atoms with Crippen LogP contribution in [0.25, 0.3) is 10.4 Å². The molecular weight excluding hydrogens is 240 g/mol. The molecule has 96 valence electrons. The summed E-state index contributed by atoms with van der Waals surface area (Å²) >= 11 is 0. The van der Waals surface area contributed by atoms with Gasteiger partial charge in [-0.2, -0.15) is 0 Å². The average molecular weight is 252 g/mol. The highest BCUT2D eigenvalue weighted by atomic mass is 16.6. The first-order valence-corrected chi connectivity index (χ1v) is 5.11. The van der Waals surface area contributed by atoms with Crippen LogP contribution in [0.5, 0.6) is 5.75 Å². The number of azide groups is 1. The molecule has 1 aromatic rings. The van der Waals surface area contributed by atoms with Crippen LogP contribution < -0.4 is 4.74 Å². The van der Waals surface area contributed by atoms with Crippen LogP contribution >= 0.6 is 0 Å². The van der Waals surface area contributed by atoms with Gasteiger partial charge in [0, 0.05) is 17.6 Å². The SMILES string of the molecule is COc1ccc(C(CCO)N=[N+]=[N-])cc1[N+](=O)[O-]. The molecule has 0 radical (unpaired) electrons. The van der Waals surface area contributed by atoms with Crippen molar-refractivity contribution in [3.63, 3.8) is 0 Å². The Kier molecular flexibility index (Phi) is 4.91. The number of methoxy groups -OCH3 is 1. The molecule has 1 atom stereocenters. The van der Waals surface area contributed by atoms with Crippen molar-refractivity contribution in [3.8, 4) is 5.75 Å². The minimum absolute atomic E-state index is 0.132. The average Bonchev–Trinajstić information content (AvgIpc) is 2.37. The highest BCUT2D eigenvalue weighted by Gasteiger charge is 2.18. The van der Waals surface area contributed by atoms with E-state index >= 15 is 0 Å². The first kappa shape index (κ1) is 13.8. The minimum Gasteiger partial charge on any atom is -0.490 e. The lowest BCUT2D eigenvalue weighted by Gasteiger charge is -2.10. The fourth-order valence-electron chi connectivity index (χ4n) is 1.53. The Labute approximate surface area is 103 Å². The third-order valence-electron chi connectivity index (χ3n) is 2.38. The van der Waals surface area contributed by atoms with Crippen molar-refractivity contribution in [1.29, 1.82) is 0 Å². The van der Waals surface area contributed by atoms with Crippen molar-refractivity contribution in [2.24, 2.45) is 5.11 Å². The zero-order valence-electron chi connectivity index (χ0n) is 9.68. The van der Waals surface area contributed by atoms with Gasteiger partial charge in [-0.05, 0) is 23.6 Å². The van der Waals surface area contributed by atoms with Crippen molar-refractivity contribution in [2.45, 2.75) is 12.5 Å². The van der Waals surface area contributed by atoms with E-state index in [9.17, 15) is 10.1 Å². The summed E-state index contributed by atoms with van der Waals surface area (Å²) in [5.41, 5.74) is 8.69. The molecule has 0 saturated heterocycles. The summed E-state index contributed by atoms with van der Waals surface area (Å²) in [5, 5.41) is 23.2. The van der Waals surface area contributed by atoms with E-state index in [1.807, 2.05) is 0 Å². The number of hydrogen-bond acceptors (Lipinski definition) is 5. The second kappa shape index (κ2) is 6.43. The van der Waals surface area contributed by atoms with Gasteiger partial charge in [-0.3, -0.25) is 10.1 Å². The molecule has 0 amide bonds. The van der Waals surface area contributed by atoms with Crippen LogP contribution in [0.1, 0.15) is 18.0 Å². The van der Waals surface area contributed by atoms with Crippen molar-refractivity contribution < 1.29 is 14.8 Å². The largest absolute Gasteiger partial charge is 0.490 e. The van der Waals surface area contributed by atoms with Gasteiger partial charge in [-0.1, -0.05) is 11.2 Å². The maximum Gasteiger partial charge on any atom is 0.311 e. The monoisotopic (exact) mass is 252 g/mol. The maximum absolute atomic E-state index is 10.8. The standard InChI is InChI=1S/C10H12N4O4/c1-18-10-3-2-7(6-9(10)14(16)17)8(4-5-15)12-13-11/h2-3,6,8,15H,4-5H2,1H3. The molecule has 1 rings (SSSR count). The summed E-state index contributed by atoms with van der Waals surface area (Å²) in [5.74, 6) is 0.132. The van der Waals surface area contributed by atoms with Crippen LogP contribution in [0.2, 0.25) is 0 Å². The number of ether oxygens (including phenoxy) is 1. The highest BCUT2D eigenvalue weighted by Crippen LogP contribution is 2.32. The summed E-state index contributed by atoms with van der Waals surface area (Å²) in [7, 11) is 1.33. The molecule has 0 bridgehead atoms. The Morgan fingerprint density at radius 1 is 1.67 bits per heavy atom. The molecule has 0 heterocycles. The molecule has 1 aromatic carbocycles. The van der Waals surface area contributed by atoms with Crippen LogP contribution in [-0.2, 0) is 0 Å². The lowest BCUT2D eigenvalue weighted by molar-refractivity contribution is -0.385. The summed E-state index contributed by atoms with van der Waals surface area (Å²) in [6, 6.07) is 3.66. The Hall–Kier alpha value is -2.31. The van der Waals surface area contributed by atoms with E-state index < -0.39 is 11.0 Å². The van der Waals surface area contributed by atoms with Gasteiger partial charge in [-0.15, -0.1) is 0 Å². The van der Waals surface area contributed by atoms with Crippen molar-refractivity contribution >= 4 is 5.69 Å². The first-order valence-electron chi connectivity index (χ1n) is 5.11. The lowest BCUT2D eigenvalue weighted by Crippen LogP contribution is -2.00. The minimum atomic E-state index is -0.635. The van der Waals surface area contributed by atoms with Crippen LogP contribution in [0.3, 0.4) is 0 Å². The second-order valence-electron chi connectivity index (χ2n) is 3.42. The quantitative estimate of drug-likeness (QED) is 0.274. The zero-order valence-corrected chi connectivity index (χ0v) is 9.68. The predicted molar refractivity (Wildman–Crippen MR) is 63.2 cm³/mol. The lowest BCUT2D eigenvalue weighted by atomic mass is 10.0. The van der Waals surface area contributed by atoms with E-state index in [0.717, 1.165) is 0 Å². The number of hydrogen-bond donors (Lipinski definition) is 1. The van der Waals surface area contributed by atoms with E-state index in [0.29, 0.717) is 5.56 Å². The fourth-order valence-corrected chi connectivity index (χ4v) is 1.53. The molecule has 8 heteroatoms. The molecule has 0 aliphatic rings. The summed E-state index contributed by atoms with van der Waals surface area (Å²) in [4.78, 5) is 12.9. The van der Waals surface area contributed by atoms with Gasteiger partial charge in [-0.25, -0.2) is 0 Å². The Morgan fingerprint density at radius 2 is 2.39 bits per heavy atom. The number of nitro benzene ring substituents is 1. The van der Waals surface area contributed by atoms with Gasteiger partial charge in [0.1, 0.15) is 0 Å². The van der Waals surface area contributed by atoms with Crippen LogP contribution in [0.15, 0.2) is 23.3 Å². The number of aliphatic hydroxyl groups excluding tert-OH is 1. The summed E-state index contributed by atoms with van der Waals surface area (Å²) in [6.07, 6.45) is 0.202. The number of rotatable bonds is 6.